The Morgan fingerprint density at radius 3 is 2.43 bits per heavy atom. The minimum Gasteiger partial charge on any atom is -0.337 e. The van der Waals surface area contributed by atoms with Crippen LogP contribution in [-0.4, -0.2) is 22.9 Å². The van der Waals surface area contributed by atoms with Crippen molar-refractivity contribution >= 4 is 5.91 Å². The minimum atomic E-state index is 0.0222. The van der Waals surface area contributed by atoms with Gasteiger partial charge in [-0.25, -0.2) is 0 Å². The van der Waals surface area contributed by atoms with Gasteiger partial charge in [0.05, 0.1) is 0 Å². The summed E-state index contributed by atoms with van der Waals surface area (Å²) in [7, 11) is 0. The molecule has 1 saturated carbocycles. The first-order valence-corrected chi connectivity index (χ1v) is 5.81. The van der Waals surface area contributed by atoms with Gasteiger partial charge in [-0.15, -0.1) is 0 Å². The molecule has 0 unspecified atom stereocenters. The standard InChI is InChI=1S/C12H21NO/c1-12(2,3)13-8-9-6-4-5-7-10(9)11(13)14/h9-10H,4-8H2,1-3H3/t9-,10+/m1/s1. The molecule has 0 aromatic carbocycles. The summed E-state index contributed by atoms with van der Waals surface area (Å²) in [6, 6.07) is 0. The zero-order chi connectivity index (χ0) is 10.3. The molecule has 0 N–H and O–H groups in total. The van der Waals surface area contributed by atoms with Crippen LogP contribution in [0.3, 0.4) is 0 Å². The van der Waals surface area contributed by atoms with Gasteiger partial charge in [0.2, 0.25) is 5.91 Å². The zero-order valence-corrected chi connectivity index (χ0v) is 9.55. The number of likely N-dealkylation sites (tertiary alicyclic amines) is 1. The quantitative estimate of drug-likeness (QED) is 0.581. The van der Waals surface area contributed by atoms with Crippen LogP contribution in [0.2, 0.25) is 0 Å². The Balaban J connectivity index is 2.14. The van der Waals surface area contributed by atoms with Gasteiger partial charge in [-0.05, 0) is 39.5 Å². The first-order chi connectivity index (χ1) is 6.50. The Hall–Kier alpha value is -0.530. The molecular weight excluding hydrogens is 174 g/mol. The van der Waals surface area contributed by atoms with Gasteiger partial charge in [-0.3, -0.25) is 4.79 Å². The summed E-state index contributed by atoms with van der Waals surface area (Å²) in [5.41, 5.74) is 0.0222. The van der Waals surface area contributed by atoms with Gasteiger partial charge < -0.3 is 4.90 Å². The van der Waals surface area contributed by atoms with E-state index in [4.69, 9.17) is 0 Å². The van der Waals surface area contributed by atoms with Crippen LogP contribution in [0.1, 0.15) is 46.5 Å². The molecule has 2 nitrogen and oxygen atoms in total. The van der Waals surface area contributed by atoms with Crippen molar-refractivity contribution in [2.75, 3.05) is 6.54 Å². The number of fused-ring (bicyclic) bond motifs is 1. The molecule has 2 fully saturated rings. The van der Waals surface area contributed by atoms with E-state index in [0.29, 0.717) is 17.7 Å². The van der Waals surface area contributed by atoms with Crippen LogP contribution in [0.25, 0.3) is 0 Å². The van der Waals surface area contributed by atoms with Crippen LogP contribution in [0.5, 0.6) is 0 Å². The summed E-state index contributed by atoms with van der Waals surface area (Å²) in [6.07, 6.45) is 4.98. The molecule has 1 heterocycles. The van der Waals surface area contributed by atoms with Crippen molar-refractivity contribution in [3.8, 4) is 0 Å². The van der Waals surface area contributed by atoms with E-state index >= 15 is 0 Å². The van der Waals surface area contributed by atoms with Crippen LogP contribution < -0.4 is 0 Å². The second-order valence-corrected chi connectivity index (χ2v) is 5.77. The Morgan fingerprint density at radius 2 is 1.86 bits per heavy atom. The van der Waals surface area contributed by atoms with Crippen LogP contribution >= 0.6 is 0 Å². The molecule has 0 aromatic heterocycles. The lowest BCUT2D eigenvalue weighted by atomic mass is 9.81. The Labute approximate surface area is 86.7 Å². The van der Waals surface area contributed by atoms with Crippen molar-refractivity contribution < 1.29 is 4.79 Å². The molecule has 14 heavy (non-hydrogen) atoms. The van der Waals surface area contributed by atoms with Gasteiger partial charge in [-0.2, -0.15) is 0 Å². The van der Waals surface area contributed by atoms with Crippen LogP contribution in [0, 0.1) is 11.8 Å². The maximum absolute atomic E-state index is 12.1. The Morgan fingerprint density at radius 1 is 1.21 bits per heavy atom. The number of nitrogens with zero attached hydrogens (tertiary/aromatic N) is 1. The van der Waals surface area contributed by atoms with Crippen molar-refractivity contribution in [1.82, 2.24) is 4.90 Å². The van der Waals surface area contributed by atoms with Gasteiger partial charge in [0, 0.05) is 18.0 Å². The van der Waals surface area contributed by atoms with Crippen molar-refractivity contribution in [3.63, 3.8) is 0 Å². The van der Waals surface area contributed by atoms with E-state index in [9.17, 15) is 4.79 Å². The van der Waals surface area contributed by atoms with Crippen molar-refractivity contribution in [1.29, 1.82) is 0 Å². The molecule has 2 rings (SSSR count). The molecule has 0 bridgehead atoms. The third kappa shape index (κ3) is 1.55. The zero-order valence-electron chi connectivity index (χ0n) is 9.55. The number of carbonyl (C=O) groups is 1. The van der Waals surface area contributed by atoms with E-state index in [2.05, 4.69) is 25.7 Å². The predicted octanol–water partition coefficient (Wildman–Crippen LogP) is 2.43. The Bertz CT molecular complexity index is 241. The molecule has 1 aliphatic carbocycles. The highest BCUT2D eigenvalue weighted by Gasteiger charge is 2.44. The number of hydrogen-bond acceptors (Lipinski definition) is 1. The number of hydrogen-bond donors (Lipinski definition) is 0. The largest absolute Gasteiger partial charge is 0.337 e. The molecule has 0 radical (unpaired) electrons. The second kappa shape index (κ2) is 3.25. The SMILES string of the molecule is CC(C)(C)N1C[C@H]2CCCC[C@@H]2C1=O. The van der Waals surface area contributed by atoms with Crippen LogP contribution in [0.4, 0.5) is 0 Å². The van der Waals surface area contributed by atoms with E-state index in [1.54, 1.807) is 0 Å². The minimum absolute atomic E-state index is 0.0222. The first kappa shape index (κ1) is 10.0. The molecule has 2 atom stereocenters. The summed E-state index contributed by atoms with van der Waals surface area (Å²) >= 11 is 0. The average Bonchev–Trinajstić information content (AvgIpc) is 2.44. The lowest BCUT2D eigenvalue weighted by Gasteiger charge is -2.32. The smallest absolute Gasteiger partial charge is 0.226 e. The molecule has 1 saturated heterocycles. The molecule has 2 heteroatoms. The normalized spacial score (nSPS) is 33.4. The van der Waals surface area contributed by atoms with Gasteiger partial charge >= 0.3 is 0 Å². The van der Waals surface area contributed by atoms with Crippen molar-refractivity contribution in [2.45, 2.75) is 52.0 Å². The predicted molar refractivity (Wildman–Crippen MR) is 56.9 cm³/mol. The highest BCUT2D eigenvalue weighted by atomic mass is 16.2. The maximum atomic E-state index is 12.1. The summed E-state index contributed by atoms with van der Waals surface area (Å²) in [4.78, 5) is 14.2. The van der Waals surface area contributed by atoms with E-state index in [1.807, 2.05) is 0 Å². The summed E-state index contributed by atoms with van der Waals surface area (Å²) in [5, 5.41) is 0. The van der Waals surface area contributed by atoms with Crippen LogP contribution in [-0.2, 0) is 4.79 Å². The lowest BCUT2D eigenvalue weighted by Crippen LogP contribution is -2.43. The monoisotopic (exact) mass is 195 g/mol. The number of carbonyl (C=O) groups excluding carboxylic acids is 1. The molecule has 2 aliphatic rings. The average molecular weight is 195 g/mol. The number of rotatable bonds is 0. The van der Waals surface area contributed by atoms with Gasteiger partial charge in [0.1, 0.15) is 0 Å². The molecule has 1 aliphatic heterocycles. The summed E-state index contributed by atoms with van der Waals surface area (Å²) in [5.74, 6) is 1.45. The summed E-state index contributed by atoms with van der Waals surface area (Å²) in [6.45, 7) is 7.43. The second-order valence-electron chi connectivity index (χ2n) is 5.77. The molecule has 0 aromatic rings. The van der Waals surface area contributed by atoms with Gasteiger partial charge in [0.15, 0.2) is 0 Å². The van der Waals surface area contributed by atoms with Gasteiger partial charge in [-0.1, -0.05) is 12.8 Å². The fraction of sp³-hybridized carbons (Fsp3) is 0.917. The number of amides is 1. The van der Waals surface area contributed by atoms with E-state index in [0.717, 1.165) is 13.0 Å². The highest BCUT2D eigenvalue weighted by molar-refractivity contribution is 5.82. The lowest BCUT2D eigenvalue weighted by molar-refractivity contribution is -0.135. The van der Waals surface area contributed by atoms with Gasteiger partial charge in [0.25, 0.3) is 0 Å². The first-order valence-electron chi connectivity index (χ1n) is 5.81. The van der Waals surface area contributed by atoms with E-state index in [-0.39, 0.29) is 5.54 Å². The van der Waals surface area contributed by atoms with Crippen molar-refractivity contribution in [3.05, 3.63) is 0 Å². The highest BCUT2D eigenvalue weighted by Crippen LogP contribution is 2.39. The Kier molecular flexibility index (Phi) is 2.32. The maximum Gasteiger partial charge on any atom is 0.226 e. The fourth-order valence-corrected chi connectivity index (χ4v) is 2.88. The molecule has 0 spiro atoms. The fourth-order valence-electron chi connectivity index (χ4n) is 2.88. The van der Waals surface area contributed by atoms with Crippen LogP contribution in [0.15, 0.2) is 0 Å². The molecular formula is C12H21NO. The molecule has 80 valence electrons. The van der Waals surface area contributed by atoms with E-state index in [1.165, 1.54) is 19.3 Å². The third-order valence-corrected chi connectivity index (χ3v) is 3.72. The third-order valence-electron chi connectivity index (χ3n) is 3.72. The topological polar surface area (TPSA) is 20.3 Å². The van der Waals surface area contributed by atoms with E-state index < -0.39 is 0 Å². The van der Waals surface area contributed by atoms with Crippen molar-refractivity contribution in [2.24, 2.45) is 11.8 Å². The summed E-state index contributed by atoms with van der Waals surface area (Å²) < 4.78 is 0. The molecule has 1 amide bonds.